The van der Waals surface area contributed by atoms with Crippen LogP contribution < -0.4 is 10.1 Å². The summed E-state index contributed by atoms with van der Waals surface area (Å²) in [5, 5.41) is 2.97. The van der Waals surface area contributed by atoms with Gasteiger partial charge in [-0.3, -0.25) is 9.78 Å². The van der Waals surface area contributed by atoms with Crippen molar-refractivity contribution >= 4 is 5.91 Å². The second-order valence-corrected chi connectivity index (χ2v) is 5.17. The maximum atomic E-state index is 12.2. The maximum Gasteiger partial charge on any atom is 0.251 e. The number of hydrogen-bond acceptors (Lipinski definition) is 4. The van der Waals surface area contributed by atoms with Gasteiger partial charge in [-0.2, -0.15) is 0 Å². The summed E-state index contributed by atoms with van der Waals surface area (Å²) in [6.07, 6.45) is 2.59. The Bertz CT molecular complexity index is 649. The van der Waals surface area contributed by atoms with Crippen molar-refractivity contribution < 1.29 is 14.3 Å². The second-order valence-electron chi connectivity index (χ2n) is 5.17. The highest BCUT2D eigenvalue weighted by molar-refractivity contribution is 5.94. The molecule has 1 N–H and O–H groups in total. The molecule has 5 heteroatoms. The Hall–Kier alpha value is -2.40. The molecule has 0 spiro atoms. The van der Waals surface area contributed by atoms with Crippen LogP contribution in [0.4, 0.5) is 0 Å². The molecule has 1 aliphatic heterocycles. The number of carbonyl (C=O) groups is 1. The van der Waals surface area contributed by atoms with Crippen molar-refractivity contribution in [2.24, 2.45) is 0 Å². The average Bonchev–Trinajstić information content (AvgIpc) is 3.08. The minimum Gasteiger partial charge on any atom is -0.494 e. The monoisotopic (exact) mass is 298 g/mol. The minimum atomic E-state index is -0.0740. The number of nitrogens with zero attached hydrogens (tertiary/aromatic N) is 1. The zero-order valence-corrected chi connectivity index (χ0v) is 12.4. The molecular formula is C17H18N2O3. The number of benzene rings is 1. The molecule has 2 aromatic rings. The summed E-state index contributed by atoms with van der Waals surface area (Å²) in [6, 6.07) is 11.2. The standard InChI is InChI=1S/C17H18N2O3/c1-21-15-3-2-9-18-16(15)12-4-6-13(7-5-12)17(20)19-14-8-10-22-11-14/h2-7,9,14H,8,10-11H2,1H3,(H,19,20)/t14-/m1/s1. The summed E-state index contributed by atoms with van der Waals surface area (Å²) < 4.78 is 10.6. The summed E-state index contributed by atoms with van der Waals surface area (Å²) >= 11 is 0. The molecular weight excluding hydrogens is 280 g/mol. The molecule has 2 heterocycles. The Morgan fingerprint density at radius 2 is 2.14 bits per heavy atom. The molecule has 1 saturated heterocycles. The molecule has 0 saturated carbocycles. The van der Waals surface area contributed by atoms with Gasteiger partial charge in [0.1, 0.15) is 11.4 Å². The normalized spacial score (nSPS) is 17.2. The first-order valence-electron chi connectivity index (χ1n) is 7.26. The predicted octanol–water partition coefficient (Wildman–Crippen LogP) is 2.28. The van der Waals surface area contributed by atoms with E-state index in [1.54, 1.807) is 25.4 Å². The van der Waals surface area contributed by atoms with Crippen LogP contribution in [-0.4, -0.2) is 37.3 Å². The SMILES string of the molecule is COc1cccnc1-c1ccc(C(=O)N[C@@H]2CCOC2)cc1. The zero-order valence-electron chi connectivity index (χ0n) is 12.4. The largest absolute Gasteiger partial charge is 0.494 e. The van der Waals surface area contributed by atoms with Crippen LogP contribution in [0.25, 0.3) is 11.3 Å². The van der Waals surface area contributed by atoms with Crippen molar-refractivity contribution in [3.63, 3.8) is 0 Å². The Kier molecular flexibility index (Phi) is 4.34. The fourth-order valence-corrected chi connectivity index (χ4v) is 2.47. The molecule has 3 rings (SSSR count). The van der Waals surface area contributed by atoms with E-state index in [0.717, 1.165) is 17.7 Å². The van der Waals surface area contributed by atoms with E-state index in [2.05, 4.69) is 10.3 Å². The lowest BCUT2D eigenvalue weighted by molar-refractivity contribution is 0.0930. The zero-order chi connectivity index (χ0) is 15.4. The van der Waals surface area contributed by atoms with Gasteiger partial charge in [0.2, 0.25) is 0 Å². The lowest BCUT2D eigenvalue weighted by Gasteiger charge is -2.11. The van der Waals surface area contributed by atoms with Crippen LogP contribution in [0.15, 0.2) is 42.6 Å². The summed E-state index contributed by atoms with van der Waals surface area (Å²) in [5.41, 5.74) is 2.31. The minimum absolute atomic E-state index is 0.0740. The van der Waals surface area contributed by atoms with Gasteiger partial charge in [-0.1, -0.05) is 12.1 Å². The molecule has 0 bridgehead atoms. The number of methoxy groups -OCH3 is 1. The fourth-order valence-electron chi connectivity index (χ4n) is 2.47. The van der Waals surface area contributed by atoms with Gasteiger partial charge in [0.15, 0.2) is 0 Å². The Labute approximate surface area is 129 Å². The van der Waals surface area contributed by atoms with E-state index in [4.69, 9.17) is 9.47 Å². The van der Waals surface area contributed by atoms with Crippen LogP contribution in [0.2, 0.25) is 0 Å². The van der Waals surface area contributed by atoms with Crippen molar-refractivity contribution in [3.05, 3.63) is 48.2 Å². The predicted molar refractivity (Wildman–Crippen MR) is 82.9 cm³/mol. The van der Waals surface area contributed by atoms with Crippen LogP contribution in [0.3, 0.4) is 0 Å². The highest BCUT2D eigenvalue weighted by Gasteiger charge is 2.18. The van der Waals surface area contributed by atoms with Gasteiger partial charge in [0.05, 0.1) is 19.8 Å². The van der Waals surface area contributed by atoms with Crippen molar-refractivity contribution in [2.75, 3.05) is 20.3 Å². The van der Waals surface area contributed by atoms with E-state index in [9.17, 15) is 4.79 Å². The van der Waals surface area contributed by atoms with E-state index in [1.807, 2.05) is 24.3 Å². The van der Waals surface area contributed by atoms with E-state index in [0.29, 0.717) is 24.5 Å². The van der Waals surface area contributed by atoms with Crippen LogP contribution in [0.1, 0.15) is 16.8 Å². The van der Waals surface area contributed by atoms with Crippen molar-refractivity contribution in [3.8, 4) is 17.0 Å². The van der Waals surface area contributed by atoms with Crippen molar-refractivity contribution in [1.82, 2.24) is 10.3 Å². The molecule has 1 aromatic heterocycles. The molecule has 5 nitrogen and oxygen atoms in total. The van der Waals surface area contributed by atoms with Gasteiger partial charge >= 0.3 is 0 Å². The van der Waals surface area contributed by atoms with Crippen molar-refractivity contribution in [1.29, 1.82) is 0 Å². The molecule has 1 fully saturated rings. The van der Waals surface area contributed by atoms with Gasteiger partial charge in [-0.25, -0.2) is 0 Å². The number of hydrogen-bond donors (Lipinski definition) is 1. The number of ether oxygens (including phenoxy) is 2. The molecule has 22 heavy (non-hydrogen) atoms. The first-order valence-corrected chi connectivity index (χ1v) is 7.26. The molecule has 0 radical (unpaired) electrons. The molecule has 1 atom stereocenters. The molecule has 1 aliphatic rings. The van der Waals surface area contributed by atoms with Gasteiger partial charge in [-0.05, 0) is 30.7 Å². The Morgan fingerprint density at radius 3 is 2.82 bits per heavy atom. The third-order valence-corrected chi connectivity index (χ3v) is 3.68. The maximum absolute atomic E-state index is 12.2. The van der Waals surface area contributed by atoms with Crippen LogP contribution >= 0.6 is 0 Å². The summed E-state index contributed by atoms with van der Waals surface area (Å²) in [7, 11) is 1.62. The summed E-state index contributed by atoms with van der Waals surface area (Å²) in [6.45, 7) is 1.30. The Balaban J connectivity index is 1.76. The smallest absolute Gasteiger partial charge is 0.251 e. The fraction of sp³-hybridized carbons (Fsp3) is 0.294. The van der Waals surface area contributed by atoms with Crippen LogP contribution in [0, 0.1) is 0 Å². The highest BCUT2D eigenvalue weighted by Crippen LogP contribution is 2.27. The van der Waals surface area contributed by atoms with E-state index in [-0.39, 0.29) is 11.9 Å². The average molecular weight is 298 g/mol. The quantitative estimate of drug-likeness (QED) is 0.940. The number of pyridine rings is 1. The number of amides is 1. The van der Waals surface area contributed by atoms with Crippen molar-refractivity contribution in [2.45, 2.75) is 12.5 Å². The molecule has 0 unspecified atom stereocenters. The molecule has 0 aliphatic carbocycles. The molecule has 1 aromatic carbocycles. The van der Waals surface area contributed by atoms with Crippen LogP contribution in [-0.2, 0) is 4.74 Å². The Morgan fingerprint density at radius 1 is 1.32 bits per heavy atom. The van der Waals surface area contributed by atoms with Gasteiger partial charge in [-0.15, -0.1) is 0 Å². The first kappa shape index (κ1) is 14.5. The highest BCUT2D eigenvalue weighted by atomic mass is 16.5. The number of nitrogens with one attached hydrogen (secondary N) is 1. The third kappa shape index (κ3) is 3.09. The van der Waals surface area contributed by atoms with Gasteiger partial charge < -0.3 is 14.8 Å². The van der Waals surface area contributed by atoms with Gasteiger partial charge in [0.25, 0.3) is 5.91 Å². The number of rotatable bonds is 4. The third-order valence-electron chi connectivity index (χ3n) is 3.68. The molecule has 1 amide bonds. The lowest BCUT2D eigenvalue weighted by Crippen LogP contribution is -2.34. The first-order chi connectivity index (χ1) is 10.8. The topological polar surface area (TPSA) is 60.5 Å². The molecule has 114 valence electrons. The number of carbonyl (C=O) groups excluding carboxylic acids is 1. The number of aromatic nitrogens is 1. The van der Waals surface area contributed by atoms with Gasteiger partial charge in [0, 0.05) is 23.9 Å². The van der Waals surface area contributed by atoms with E-state index < -0.39 is 0 Å². The second kappa shape index (κ2) is 6.58. The lowest BCUT2D eigenvalue weighted by atomic mass is 10.1. The van der Waals surface area contributed by atoms with Crippen LogP contribution in [0.5, 0.6) is 5.75 Å². The van der Waals surface area contributed by atoms with E-state index in [1.165, 1.54) is 0 Å². The summed E-state index contributed by atoms with van der Waals surface area (Å²) in [4.78, 5) is 16.5. The van der Waals surface area contributed by atoms with E-state index >= 15 is 0 Å². The summed E-state index contributed by atoms with van der Waals surface area (Å²) in [5.74, 6) is 0.637.